The first-order valence-electron chi connectivity index (χ1n) is 5.63. The van der Waals surface area contributed by atoms with Gasteiger partial charge in [0, 0.05) is 11.6 Å². The molecule has 1 atom stereocenters. The van der Waals surface area contributed by atoms with E-state index >= 15 is 0 Å². The van der Waals surface area contributed by atoms with Gasteiger partial charge in [-0.2, -0.15) is 0 Å². The van der Waals surface area contributed by atoms with Gasteiger partial charge < -0.3 is 10.1 Å². The average molecular weight is 281 g/mol. The molecule has 108 valence electrons. The van der Waals surface area contributed by atoms with Crippen molar-refractivity contribution in [2.45, 2.75) is 19.3 Å². The van der Waals surface area contributed by atoms with E-state index in [-0.39, 0.29) is 12.6 Å². The molecular formula is C12H15F4NO2. The van der Waals surface area contributed by atoms with E-state index in [0.717, 1.165) is 0 Å². The predicted octanol–water partition coefficient (Wildman–Crippen LogP) is 3.02. The molecule has 0 radical (unpaired) electrons. The molecule has 0 amide bonds. The average Bonchev–Trinajstić information content (AvgIpc) is 2.33. The second kappa shape index (κ2) is 6.72. The van der Waals surface area contributed by atoms with Crippen molar-refractivity contribution in [3.05, 3.63) is 29.6 Å². The molecule has 0 aliphatic carbocycles. The van der Waals surface area contributed by atoms with Crippen LogP contribution in [-0.4, -0.2) is 26.6 Å². The normalized spacial score (nSPS) is 13.4. The maximum Gasteiger partial charge on any atom is 0.522 e. The molecule has 0 heterocycles. The molecule has 0 aliphatic heterocycles. The van der Waals surface area contributed by atoms with Crippen LogP contribution in [0.25, 0.3) is 0 Å². The first-order chi connectivity index (χ1) is 8.83. The third-order valence-electron chi connectivity index (χ3n) is 2.48. The van der Waals surface area contributed by atoms with Crippen molar-refractivity contribution in [2.24, 2.45) is 0 Å². The molecule has 7 heteroatoms. The molecule has 19 heavy (non-hydrogen) atoms. The first kappa shape index (κ1) is 15.7. The van der Waals surface area contributed by atoms with Gasteiger partial charge in [-0.3, -0.25) is 4.74 Å². The molecule has 0 fully saturated rings. The van der Waals surface area contributed by atoms with Gasteiger partial charge >= 0.3 is 6.36 Å². The summed E-state index contributed by atoms with van der Waals surface area (Å²) in [6.45, 7) is 0.899. The Morgan fingerprint density at radius 3 is 2.53 bits per heavy atom. The number of halogens is 4. The van der Waals surface area contributed by atoms with E-state index < -0.39 is 18.8 Å². The Morgan fingerprint density at radius 2 is 1.95 bits per heavy atom. The van der Waals surface area contributed by atoms with Gasteiger partial charge in [0.05, 0.1) is 6.61 Å². The minimum absolute atomic E-state index is 0.186. The minimum atomic E-state index is -4.67. The molecular weight excluding hydrogens is 266 g/mol. The number of alkyl halides is 3. The van der Waals surface area contributed by atoms with Gasteiger partial charge in [0.15, 0.2) is 0 Å². The van der Waals surface area contributed by atoms with Crippen LogP contribution in [0, 0.1) is 5.82 Å². The van der Waals surface area contributed by atoms with Crippen molar-refractivity contribution < 1.29 is 27.0 Å². The molecule has 0 saturated heterocycles. The highest BCUT2D eigenvalue weighted by molar-refractivity contribution is 5.36. The lowest BCUT2D eigenvalue weighted by atomic mass is 10.1. The third-order valence-corrected chi connectivity index (χ3v) is 2.48. The number of hydrogen-bond donors (Lipinski definition) is 1. The number of hydrogen-bond acceptors (Lipinski definition) is 3. The molecule has 3 nitrogen and oxygen atoms in total. The topological polar surface area (TPSA) is 30.5 Å². The summed E-state index contributed by atoms with van der Waals surface area (Å²) in [6.07, 6.45) is -4.67. The number of nitrogens with one attached hydrogen (secondary N) is 1. The highest BCUT2D eigenvalue weighted by atomic mass is 19.4. The largest absolute Gasteiger partial charge is 0.522 e. The van der Waals surface area contributed by atoms with Gasteiger partial charge in [-0.15, -0.1) is 13.2 Å². The van der Waals surface area contributed by atoms with Gasteiger partial charge in [0.25, 0.3) is 0 Å². The van der Waals surface area contributed by atoms with Crippen LogP contribution in [0.1, 0.15) is 18.5 Å². The molecule has 1 N–H and O–H groups in total. The summed E-state index contributed by atoms with van der Waals surface area (Å²) in [7, 11) is 1.69. The smallest absolute Gasteiger partial charge is 0.491 e. The molecule has 0 saturated carbocycles. The highest BCUT2D eigenvalue weighted by Gasteiger charge is 2.28. The maximum atomic E-state index is 13.1. The van der Waals surface area contributed by atoms with Crippen molar-refractivity contribution >= 4 is 0 Å². The Morgan fingerprint density at radius 1 is 1.26 bits per heavy atom. The number of rotatable bonds is 6. The van der Waals surface area contributed by atoms with Crippen molar-refractivity contribution in [1.29, 1.82) is 0 Å². The van der Waals surface area contributed by atoms with Crippen molar-refractivity contribution in [3.63, 3.8) is 0 Å². The quantitative estimate of drug-likeness (QED) is 0.642. The summed E-state index contributed by atoms with van der Waals surface area (Å²) < 4.78 is 57.2. The van der Waals surface area contributed by atoms with E-state index in [4.69, 9.17) is 4.74 Å². The lowest BCUT2D eigenvalue weighted by Crippen LogP contribution is -2.19. The number of ether oxygens (including phenoxy) is 2. The van der Waals surface area contributed by atoms with E-state index in [1.165, 1.54) is 18.2 Å². The summed E-state index contributed by atoms with van der Waals surface area (Å²) >= 11 is 0. The van der Waals surface area contributed by atoms with E-state index in [9.17, 15) is 17.6 Å². The third kappa shape index (κ3) is 5.44. The monoisotopic (exact) mass is 281 g/mol. The van der Waals surface area contributed by atoms with Gasteiger partial charge in [0.2, 0.25) is 0 Å². The van der Waals surface area contributed by atoms with Crippen LogP contribution in [0.5, 0.6) is 5.75 Å². The van der Waals surface area contributed by atoms with Crippen molar-refractivity contribution in [2.75, 3.05) is 20.3 Å². The standard InChI is InChI=1S/C12H15F4NO2/c1-8(17-2)10-7-9(13)3-4-11(10)18-5-6-19-12(14,15)16/h3-4,7-8,17H,5-6H2,1-2H3. The van der Waals surface area contributed by atoms with Gasteiger partial charge in [-0.25, -0.2) is 4.39 Å². The summed E-state index contributed by atoms with van der Waals surface area (Å²) in [4.78, 5) is 0. The molecule has 1 aromatic rings. The predicted molar refractivity (Wildman–Crippen MR) is 61.4 cm³/mol. The molecule has 0 spiro atoms. The maximum absolute atomic E-state index is 13.1. The molecule has 1 rings (SSSR count). The second-order valence-corrected chi connectivity index (χ2v) is 3.84. The first-order valence-corrected chi connectivity index (χ1v) is 5.63. The molecule has 1 aromatic carbocycles. The van der Waals surface area contributed by atoms with E-state index in [2.05, 4.69) is 10.1 Å². The Kier molecular flexibility index (Phi) is 5.56. The van der Waals surface area contributed by atoms with E-state index in [1.54, 1.807) is 14.0 Å². The molecule has 0 aliphatic rings. The van der Waals surface area contributed by atoms with Crippen molar-refractivity contribution in [1.82, 2.24) is 5.32 Å². The zero-order chi connectivity index (χ0) is 14.5. The molecule has 1 unspecified atom stereocenters. The van der Waals surface area contributed by atoms with Crippen LogP contribution < -0.4 is 10.1 Å². The van der Waals surface area contributed by atoms with Crippen LogP contribution in [0.4, 0.5) is 17.6 Å². The van der Waals surface area contributed by atoms with Crippen LogP contribution in [-0.2, 0) is 4.74 Å². The Bertz CT molecular complexity index is 409. The van der Waals surface area contributed by atoms with Gasteiger partial charge in [0.1, 0.15) is 18.2 Å². The zero-order valence-corrected chi connectivity index (χ0v) is 10.6. The highest BCUT2D eigenvalue weighted by Crippen LogP contribution is 2.26. The van der Waals surface area contributed by atoms with Gasteiger partial charge in [-0.05, 0) is 32.2 Å². The van der Waals surface area contributed by atoms with E-state index in [1.807, 2.05) is 0 Å². The fraction of sp³-hybridized carbons (Fsp3) is 0.500. The van der Waals surface area contributed by atoms with E-state index in [0.29, 0.717) is 11.3 Å². The minimum Gasteiger partial charge on any atom is -0.491 e. The summed E-state index contributed by atoms with van der Waals surface area (Å²) in [5.41, 5.74) is 0.537. The van der Waals surface area contributed by atoms with Crippen LogP contribution in [0.15, 0.2) is 18.2 Å². The van der Waals surface area contributed by atoms with Crippen LogP contribution in [0.2, 0.25) is 0 Å². The Hall–Kier alpha value is -1.34. The summed E-state index contributed by atoms with van der Waals surface area (Å²) in [6, 6.07) is 3.66. The zero-order valence-electron chi connectivity index (χ0n) is 10.6. The lowest BCUT2D eigenvalue weighted by Gasteiger charge is -2.17. The fourth-order valence-electron chi connectivity index (χ4n) is 1.45. The number of benzene rings is 1. The SMILES string of the molecule is CNC(C)c1cc(F)ccc1OCCOC(F)(F)F. The van der Waals surface area contributed by atoms with Crippen LogP contribution in [0.3, 0.4) is 0 Å². The summed E-state index contributed by atoms with van der Waals surface area (Å²) in [5, 5.41) is 2.91. The lowest BCUT2D eigenvalue weighted by molar-refractivity contribution is -0.325. The van der Waals surface area contributed by atoms with Crippen LogP contribution >= 0.6 is 0 Å². The Labute approximate surface area is 108 Å². The summed E-state index contributed by atoms with van der Waals surface area (Å²) in [5.74, 6) is -0.106. The molecule has 0 bridgehead atoms. The Balaban J connectivity index is 2.62. The van der Waals surface area contributed by atoms with Gasteiger partial charge in [-0.1, -0.05) is 0 Å². The second-order valence-electron chi connectivity index (χ2n) is 3.84. The van der Waals surface area contributed by atoms with Crippen molar-refractivity contribution in [3.8, 4) is 5.75 Å². The molecule has 0 aromatic heterocycles. The fourth-order valence-corrected chi connectivity index (χ4v) is 1.45.